The number of nitrogens with one attached hydrogen (secondary N) is 1. The summed E-state index contributed by atoms with van der Waals surface area (Å²) < 4.78 is 7.66. The van der Waals surface area contributed by atoms with E-state index < -0.39 is 0 Å². The molecule has 0 unspecified atom stereocenters. The Morgan fingerprint density at radius 3 is 2.46 bits per heavy atom. The molecule has 3 heterocycles. The number of aromatic nitrogens is 3. The topological polar surface area (TPSA) is 51.5 Å². The Bertz CT molecular complexity index is 1070. The highest BCUT2D eigenvalue weighted by Gasteiger charge is 2.18. The highest BCUT2D eigenvalue weighted by atomic mass is 16.5. The van der Waals surface area contributed by atoms with Crippen LogP contribution in [0.4, 0.5) is 5.82 Å². The van der Waals surface area contributed by atoms with Gasteiger partial charge in [0.05, 0.1) is 18.0 Å². The first-order valence-electron chi connectivity index (χ1n) is 9.73. The van der Waals surface area contributed by atoms with Gasteiger partial charge in [-0.3, -0.25) is 0 Å². The molecule has 4 aromatic rings. The Labute approximate surface area is 164 Å². The summed E-state index contributed by atoms with van der Waals surface area (Å²) in [7, 11) is 0. The van der Waals surface area contributed by atoms with Crippen LogP contribution in [0.2, 0.25) is 0 Å². The minimum absolute atomic E-state index is 0.257. The second-order valence-electron chi connectivity index (χ2n) is 7.07. The van der Waals surface area contributed by atoms with E-state index in [0.717, 1.165) is 59.8 Å². The minimum atomic E-state index is 0.257. The quantitative estimate of drug-likeness (QED) is 0.555. The molecule has 1 atom stereocenters. The monoisotopic (exact) mass is 370 g/mol. The lowest BCUT2D eigenvalue weighted by Crippen LogP contribution is -2.20. The van der Waals surface area contributed by atoms with E-state index in [2.05, 4.69) is 40.7 Å². The fraction of sp³-hybridized carbons (Fsp3) is 0.217. The number of benzene rings is 2. The molecule has 1 aliphatic heterocycles. The van der Waals surface area contributed by atoms with E-state index in [0.29, 0.717) is 0 Å². The zero-order valence-electron chi connectivity index (χ0n) is 15.6. The summed E-state index contributed by atoms with van der Waals surface area (Å²) >= 11 is 0. The van der Waals surface area contributed by atoms with Gasteiger partial charge in [0, 0.05) is 30.3 Å². The Hall–Kier alpha value is -3.18. The Kier molecular flexibility index (Phi) is 4.51. The van der Waals surface area contributed by atoms with Crippen LogP contribution in [0.25, 0.3) is 28.0 Å². The van der Waals surface area contributed by atoms with Crippen LogP contribution >= 0.6 is 0 Å². The van der Waals surface area contributed by atoms with Crippen molar-refractivity contribution >= 4 is 11.5 Å². The second kappa shape index (κ2) is 7.44. The maximum absolute atomic E-state index is 5.77. The van der Waals surface area contributed by atoms with Gasteiger partial charge in [-0.2, -0.15) is 9.61 Å². The highest BCUT2D eigenvalue weighted by molar-refractivity contribution is 5.80. The standard InChI is InChI=1S/C23H22N4O/c1-3-8-17(9-4-1)20-16-25-27-22(24-15-19-12-7-13-28-19)14-21(26-23(20)27)18-10-5-2-6-11-18/h1-6,8-11,14,16,19,24H,7,12-13,15H2/t19-/m0/s1. The van der Waals surface area contributed by atoms with Gasteiger partial charge in [-0.15, -0.1) is 0 Å². The van der Waals surface area contributed by atoms with E-state index >= 15 is 0 Å². The summed E-state index contributed by atoms with van der Waals surface area (Å²) in [6.45, 7) is 1.63. The molecule has 0 saturated carbocycles. The third-order valence-corrected chi connectivity index (χ3v) is 5.16. The van der Waals surface area contributed by atoms with Crippen molar-refractivity contribution in [1.82, 2.24) is 14.6 Å². The lowest BCUT2D eigenvalue weighted by atomic mass is 10.1. The number of nitrogens with zero attached hydrogens (tertiary/aromatic N) is 3. The number of hydrogen-bond acceptors (Lipinski definition) is 4. The van der Waals surface area contributed by atoms with Crippen LogP contribution in [0.15, 0.2) is 72.9 Å². The first-order valence-corrected chi connectivity index (χ1v) is 9.73. The van der Waals surface area contributed by atoms with Crippen molar-refractivity contribution in [2.75, 3.05) is 18.5 Å². The Balaban J connectivity index is 1.61. The van der Waals surface area contributed by atoms with E-state index in [9.17, 15) is 0 Å². The van der Waals surface area contributed by atoms with Crippen LogP contribution in [0, 0.1) is 0 Å². The minimum Gasteiger partial charge on any atom is -0.376 e. The van der Waals surface area contributed by atoms with Crippen LogP contribution < -0.4 is 5.32 Å². The smallest absolute Gasteiger partial charge is 0.165 e. The SMILES string of the molecule is c1ccc(-c2cc(NC[C@@H]3CCCO3)n3ncc(-c4ccccc4)c3n2)cc1. The summed E-state index contributed by atoms with van der Waals surface area (Å²) in [4.78, 5) is 4.95. The fourth-order valence-corrected chi connectivity index (χ4v) is 3.69. The van der Waals surface area contributed by atoms with Gasteiger partial charge in [0.1, 0.15) is 5.82 Å². The number of rotatable bonds is 5. The predicted molar refractivity (Wildman–Crippen MR) is 111 cm³/mol. The third kappa shape index (κ3) is 3.25. The van der Waals surface area contributed by atoms with Gasteiger partial charge in [0.15, 0.2) is 5.65 Å². The van der Waals surface area contributed by atoms with Gasteiger partial charge in [0.2, 0.25) is 0 Å². The highest BCUT2D eigenvalue weighted by Crippen LogP contribution is 2.29. The zero-order chi connectivity index (χ0) is 18.8. The van der Waals surface area contributed by atoms with Gasteiger partial charge < -0.3 is 10.1 Å². The second-order valence-corrected chi connectivity index (χ2v) is 7.07. The van der Waals surface area contributed by atoms with Gasteiger partial charge in [-0.1, -0.05) is 60.7 Å². The first-order chi connectivity index (χ1) is 13.9. The van der Waals surface area contributed by atoms with Crippen LogP contribution in [-0.4, -0.2) is 33.9 Å². The number of fused-ring (bicyclic) bond motifs is 1. The molecule has 0 amide bonds. The molecule has 1 aliphatic rings. The van der Waals surface area contributed by atoms with Gasteiger partial charge >= 0.3 is 0 Å². The zero-order valence-corrected chi connectivity index (χ0v) is 15.6. The number of anilines is 1. The van der Waals surface area contributed by atoms with Gasteiger partial charge in [0.25, 0.3) is 0 Å². The average Bonchev–Trinajstić information content (AvgIpc) is 3.43. The molecule has 0 bridgehead atoms. The largest absolute Gasteiger partial charge is 0.376 e. The van der Waals surface area contributed by atoms with Gasteiger partial charge in [-0.05, 0) is 18.4 Å². The molecule has 28 heavy (non-hydrogen) atoms. The Morgan fingerprint density at radius 1 is 1.00 bits per heavy atom. The van der Waals surface area contributed by atoms with Crippen LogP contribution in [0.5, 0.6) is 0 Å². The summed E-state index contributed by atoms with van der Waals surface area (Å²) in [6.07, 6.45) is 4.38. The molecular weight excluding hydrogens is 348 g/mol. The molecule has 1 N–H and O–H groups in total. The van der Waals surface area contributed by atoms with Crippen LogP contribution in [-0.2, 0) is 4.74 Å². The van der Waals surface area contributed by atoms with Crippen molar-refractivity contribution in [1.29, 1.82) is 0 Å². The molecule has 1 fully saturated rings. The number of ether oxygens (including phenoxy) is 1. The molecule has 0 spiro atoms. The molecule has 5 nitrogen and oxygen atoms in total. The molecule has 5 rings (SSSR count). The summed E-state index contributed by atoms with van der Waals surface area (Å²) in [5.74, 6) is 0.932. The van der Waals surface area contributed by atoms with Crippen LogP contribution in [0.1, 0.15) is 12.8 Å². The van der Waals surface area contributed by atoms with Gasteiger partial charge in [-0.25, -0.2) is 4.98 Å². The number of hydrogen-bond donors (Lipinski definition) is 1. The summed E-state index contributed by atoms with van der Waals surface area (Å²) in [5.41, 5.74) is 5.01. The summed E-state index contributed by atoms with van der Waals surface area (Å²) in [6, 6.07) is 22.6. The normalized spacial score (nSPS) is 16.5. The molecule has 5 heteroatoms. The lowest BCUT2D eigenvalue weighted by Gasteiger charge is -2.14. The van der Waals surface area contributed by atoms with E-state index in [1.165, 1.54) is 0 Å². The Morgan fingerprint density at radius 2 is 1.75 bits per heavy atom. The van der Waals surface area contributed by atoms with Crippen molar-refractivity contribution in [3.8, 4) is 22.4 Å². The predicted octanol–water partition coefficient (Wildman–Crippen LogP) is 4.65. The molecular formula is C23H22N4O. The van der Waals surface area contributed by atoms with Crippen LogP contribution in [0.3, 0.4) is 0 Å². The van der Waals surface area contributed by atoms with Crippen molar-refractivity contribution < 1.29 is 4.74 Å². The molecule has 0 radical (unpaired) electrons. The van der Waals surface area contributed by atoms with Crippen molar-refractivity contribution in [3.63, 3.8) is 0 Å². The molecule has 2 aromatic heterocycles. The van der Waals surface area contributed by atoms with E-state index in [4.69, 9.17) is 9.72 Å². The van der Waals surface area contributed by atoms with E-state index in [1.807, 2.05) is 47.1 Å². The van der Waals surface area contributed by atoms with E-state index in [1.54, 1.807) is 0 Å². The maximum atomic E-state index is 5.77. The van der Waals surface area contributed by atoms with Crippen molar-refractivity contribution in [3.05, 3.63) is 72.9 Å². The maximum Gasteiger partial charge on any atom is 0.165 e. The third-order valence-electron chi connectivity index (χ3n) is 5.16. The summed E-state index contributed by atoms with van der Waals surface area (Å²) in [5, 5.41) is 8.17. The molecule has 0 aliphatic carbocycles. The van der Waals surface area contributed by atoms with Crippen molar-refractivity contribution in [2.24, 2.45) is 0 Å². The average molecular weight is 370 g/mol. The molecule has 140 valence electrons. The molecule has 1 saturated heterocycles. The lowest BCUT2D eigenvalue weighted by molar-refractivity contribution is 0.120. The molecule has 2 aromatic carbocycles. The first kappa shape index (κ1) is 17.0. The van der Waals surface area contributed by atoms with E-state index in [-0.39, 0.29) is 6.10 Å². The fourth-order valence-electron chi connectivity index (χ4n) is 3.69. The van der Waals surface area contributed by atoms with Crippen molar-refractivity contribution in [2.45, 2.75) is 18.9 Å².